The van der Waals surface area contributed by atoms with Crippen LogP contribution in [0, 0.1) is 0 Å². The summed E-state index contributed by atoms with van der Waals surface area (Å²) in [7, 11) is 2.06. The fourth-order valence-corrected chi connectivity index (χ4v) is 2.76. The van der Waals surface area contributed by atoms with Crippen LogP contribution in [-0.4, -0.2) is 29.1 Å². The van der Waals surface area contributed by atoms with Gasteiger partial charge in [0, 0.05) is 18.3 Å². The monoisotopic (exact) mass is 248 g/mol. The van der Waals surface area contributed by atoms with Crippen LogP contribution in [0.2, 0.25) is 0 Å². The van der Waals surface area contributed by atoms with Crippen LogP contribution in [-0.2, 0) is 6.54 Å². The van der Waals surface area contributed by atoms with Gasteiger partial charge in [-0.25, -0.2) is 4.79 Å². The minimum Gasteiger partial charge on any atom is -0.478 e. The molecule has 1 saturated carbocycles. The molecule has 3 N–H and O–H groups in total. The van der Waals surface area contributed by atoms with Crippen LogP contribution in [0.4, 0.5) is 5.69 Å². The van der Waals surface area contributed by atoms with Crippen molar-refractivity contribution in [1.29, 1.82) is 0 Å². The number of nitrogen functional groups attached to an aromatic ring is 1. The van der Waals surface area contributed by atoms with Gasteiger partial charge in [0.15, 0.2) is 0 Å². The van der Waals surface area contributed by atoms with Crippen molar-refractivity contribution in [2.24, 2.45) is 0 Å². The van der Waals surface area contributed by atoms with Crippen molar-refractivity contribution in [3.05, 3.63) is 29.3 Å². The van der Waals surface area contributed by atoms with Gasteiger partial charge in [-0.15, -0.1) is 0 Å². The molecule has 1 fully saturated rings. The molecule has 2 rings (SSSR count). The Balaban J connectivity index is 2.17. The Morgan fingerprint density at radius 3 is 2.72 bits per heavy atom. The summed E-state index contributed by atoms with van der Waals surface area (Å²) in [5.74, 6) is -0.942. The molecule has 1 aliphatic rings. The number of rotatable bonds is 4. The van der Waals surface area contributed by atoms with Crippen molar-refractivity contribution in [1.82, 2.24) is 4.90 Å². The van der Waals surface area contributed by atoms with Gasteiger partial charge in [-0.1, -0.05) is 25.0 Å². The summed E-state index contributed by atoms with van der Waals surface area (Å²) >= 11 is 0. The molecule has 1 aromatic carbocycles. The molecule has 1 aliphatic carbocycles. The molecule has 0 aromatic heterocycles. The number of benzene rings is 1. The lowest BCUT2D eigenvalue weighted by molar-refractivity contribution is 0.0695. The molecule has 0 amide bonds. The summed E-state index contributed by atoms with van der Waals surface area (Å²) in [5, 5.41) is 9.23. The lowest BCUT2D eigenvalue weighted by Crippen LogP contribution is -2.29. The highest BCUT2D eigenvalue weighted by Gasteiger charge is 2.21. The highest BCUT2D eigenvalue weighted by atomic mass is 16.4. The van der Waals surface area contributed by atoms with Gasteiger partial charge in [0.25, 0.3) is 0 Å². The summed E-state index contributed by atoms with van der Waals surface area (Å²) < 4.78 is 0. The average molecular weight is 248 g/mol. The first-order chi connectivity index (χ1) is 8.59. The van der Waals surface area contributed by atoms with Gasteiger partial charge in [0.2, 0.25) is 0 Å². The van der Waals surface area contributed by atoms with Crippen LogP contribution >= 0.6 is 0 Å². The summed E-state index contributed by atoms with van der Waals surface area (Å²) in [6, 6.07) is 5.89. The Hall–Kier alpha value is -1.55. The molecule has 98 valence electrons. The van der Waals surface area contributed by atoms with Crippen LogP contribution in [0.15, 0.2) is 18.2 Å². The van der Waals surface area contributed by atoms with Crippen molar-refractivity contribution in [3.63, 3.8) is 0 Å². The number of carboxylic acids is 1. The maximum Gasteiger partial charge on any atom is 0.338 e. The summed E-state index contributed by atoms with van der Waals surface area (Å²) in [5.41, 5.74) is 7.15. The molecule has 0 spiro atoms. The second-order valence-electron chi connectivity index (χ2n) is 5.04. The molecule has 0 bridgehead atoms. The van der Waals surface area contributed by atoms with Gasteiger partial charge in [-0.2, -0.15) is 0 Å². The van der Waals surface area contributed by atoms with Gasteiger partial charge >= 0.3 is 5.97 Å². The van der Waals surface area contributed by atoms with Crippen molar-refractivity contribution in [2.45, 2.75) is 38.3 Å². The number of carboxylic acid groups (broad SMARTS) is 1. The Labute approximate surface area is 107 Å². The van der Waals surface area contributed by atoms with E-state index in [-0.39, 0.29) is 5.56 Å². The van der Waals surface area contributed by atoms with Gasteiger partial charge in [0.05, 0.1) is 5.56 Å². The molecule has 1 aromatic rings. The average Bonchev–Trinajstić information content (AvgIpc) is 2.81. The summed E-state index contributed by atoms with van der Waals surface area (Å²) in [4.78, 5) is 13.5. The number of aromatic carboxylic acids is 1. The molecular weight excluding hydrogens is 228 g/mol. The van der Waals surface area contributed by atoms with Gasteiger partial charge in [0.1, 0.15) is 0 Å². The van der Waals surface area contributed by atoms with E-state index in [1.165, 1.54) is 25.7 Å². The maximum absolute atomic E-state index is 11.2. The molecule has 0 radical (unpaired) electrons. The second kappa shape index (κ2) is 5.40. The third-order valence-corrected chi connectivity index (χ3v) is 3.76. The van der Waals surface area contributed by atoms with Crippen molar-refractivity contribution in [2.75, 3.05) is 12.8 Å². The van der Waals surface area contributed by atoms with Crippen molar-refractivity contribution in [3.8, 4) is 0 Å². The SMILES string of the molecule is CN(Cc1cccc(N)c1C(=O)O)C1CCCC1. The maximum atomic E-state index is 11.2. The highest BCUT2D eigenvalue weighted by molar-refractivity contribution is 5.95. The number of anilines is 1. The number of carbonyl (C=O) groups is 1. The van der Waals surface area contributed by atoms with E-state index in [9.17, 15) is 9.90 Å². The Bertz CT molecular complexity index is 439. The minimum atomic E-state index is -0.942. The molecule has 0 atom stereocenters. The fourth-order valence-electron chi connectivity index (χ4n) is 2.76. The minimum absolute atomic E-state index is 0.252. The molecule has 0 saturated heterocycles. The van der Waals surface area contributed by atoms with Crippen LogP contribution in [0.1, 0.15) is 41.6 Å². The number of hydrogen-bond donors (Lipinski definition) is 2. The van der Waals surface area contributed by atoms with Crippen LogP contribution in [0.3, 0.4) is 0 Å². The summed E-state index contributed by atoms with van der Waals surface area (Å²) in [6.45, 7) is 0.650. The molecular formula is C14H20N2O2. The van der Waals surface area contributed by atoms with E-state index in [4.69, 9.17) is 5.73 Å². The molecule has 18 heavy (non-hydrogen) atoms. The first-order valence-corrected chi connectivity index (χ1v) is 6.40. The van der Waals surface area contributed by atoms with Crippen molar-refractivity contribution >= 4 is 11.7 Å². The fraction of sp³-hybridized carbons (Fsp3) is 0.500. The van der Waals surface area contributed by atoms with E-state index >= 15 is 0 Å². The van der Waals surface area contributed by atoms with Gasteiger partial charge in [-0.05, 0) is 31.5 Å². The van der Waals surface area contributed by atoms with E-state index in [0.29, 0.717) is 18.3 Å². The topological polar surface area (TPSA) is 66.6 Å². The third kappa shape index (κ3) is 2.64. The molecule has 0 heterocycles. The first-order valence-electron chi connectivity index (χ1n) is 6.40. The zero-order chi connectivity index (χ0) is 13.1. The van der Waals surface area contributed by atoms with E-state index in [1.807, 2.05) is 12.1 Å². The molecule has 0 aliphatic heterocycles. The van der Waals surface area contributed by atoms with E-state index in [1.54, 1.807) is 6.07 Å². The Kier molecular flexibility index (Phi) is 3.87. The van der Waals surface area contributed by atoms with Crippen LogP contribution < -0.4 is 5.73 Å². The predicted molar refractivity (Wildman–Crippen MR) is 71.5 cm³/mol. The van der Waals surface area contributed by atoms with Gasteiger partial charge < -0.3 is 10.8 Å². The predicted octanol–water partition coefficient (Wildman–Crippen LogP) is 2.34. The second-order valence-corrected chi connectivity index (χ2v) is 5.04. The Morgan fingerprint density at radius 1 is 1.44 bits per heavy atom. The number of nitrogens with zero attached hydrogens (tertiary/aromatic N) is 1. The zero-order valence-electron chi connectivity index (χ0n) is 10.7. The van der Waals surface area contributed by atoms with E-state index < -0.39 is 5.97 Å². The lowest BCUT2D eigenvalue weighted by Gasteiger charge is -2.24. The smallest absolute Gasteiger partial charge is 0.338 e. The highest BCUT2D eigenvalue weighted by Crippen LogP contribution is 2.25. The molecule has 0 unspecified atom stereocenters. The van der Waals surface area contributed by atoms with Crippen molar-refractivity contribution < 1.29 is 9.90 Å². The van der Waals surface area contributed by atoms with Crippen LogP contribution in [0.5, 0.6) is 0 Å². The lowest BCUT2D eigenvalue weighted by atomic mass is 10.0. The Morgan fingerprint density at radius 2 is 2.11 bits per heavy atom. The van der Waals surface area contributed by atoms with E-state index in [0.717, 1.165) is 5.56 Å². The quantitative estimate of drug-likeness (QED) is 0.803. The molecule has 4 nitrogen and oxygen atoms in total. The van der Waals surface area contributed by atoms with Crippen LogP contribution in [0.25, 0.3) is 0 Å². The number of hydrogen-bond acceptors (Lipinski definition) is 3. The van der Waals surface area contributed by atoms with E-state index in [2.05, 4.69) is 11.9 Å². The molecule has 4 heteroatoms. The summed E-state index contributed by atoms with van der Waals surface area (Å²) in [6.07, 6.45) is 4.97. The standard InChI is InChI=1S/C14H20N2O2/c1-16(11-6-2-3-7-11)9-10-5-4-8-12(15)13(10)14(17)18/h4-5,8,11H,2-3,6-7,9,15H2,1H3,(H,17,18). The largest absolute Gasteiger partial charge is 0.478 e. The number of nitrogens with two attached hydrogens (primary N) is 1. The first kappa shape index (κ1) is 12.9. The normalized spacial score (nSPS) is 16.3. The van der Waals surface area contributed by atoms with Gasteiger partial charge in [-0.3, -0.25) is 4.90 Å². The zero-order valence-corrected chi connectivity index (χ0v) is 10.7. The third-order valence-electron chi connectivity index (χ3n) is 3.76.